The normalized spacial score (nSPS) is 14.4. The number of hydrogen-bond donors (Lipinski definition) is 1. The van der Waals surface area contributed by atoms with Crippen LogP contribution in [0.3, 0.4) is 0 Å². The van der Waals surface area contributed by atoms with Crippen LogP contribution in [-0.4, -0.2) is 17.5 Å². The number of fused-ring (bicyclic) bond motifs is 1. The number of nitrogens with two attached hydrogens (primary N) is 1. The van der Waals surface area contributed by atoms with E-state index in [0.29, 0.717) is 0 Å². The summed E-state index contributed by atoms with van der Waals surface area (Å²) in [7, 11) is 1.97. The third-order valence-corrected chi connectivity index (χ3v) is 2.36. The highest BCUT2D eigenvalue weighted by molar-refractivity contribution is 5.80. The van der Waals surface area contributed by atoms with E-state index in [4.69, 9.17) is 5.73 Å². The Morgan fingerprint density at radius 1 is 1.29 bits per heavy atom. The SMILES string of the molecule is C[N+]1=C(N)Cc2ccccc2C=C1.[I-]. The Bertz CT molecular complexity index is 394. The quantitative estimate of drug-likeness (QED) is 0.445. The average molecular weight is 300 g/mol. The molecule has 2 N–H and O–H groups in total. The summed E-state index contributed by atoms with van der Waals surface area (Å²) in [6, 6.07) is 8.32. The molecule has 3 heteroatoms. The van der Waals surface area contributed by atoms with Gasteiger partial charge in [-0.15, -0.1) is 0 Å². The van der Waals surface area contributed by atoms with Gasteiger partial charge in [0.05, 0.1) is 19.7 Å². The van der Waals surface area contributed by atoms with Crippen LogP contribution < -0.4 is 29.7 Å². The van der Waals surface area contributed by atoms with Gasteiger partial charge in [-0.05, 0) is 17.2 Å². The fourth-order valence-electron chi connectivity index (χ4n) is 1.47. The van der Waals surface area contributed by atoms with Gasteiger partial charge in [-0.3, -0.25) is 5.73 Å². The van der Waals surface area contributed by atoms with Gasteiger partial charge in [-0.2, -0.15) is 0 Å². The summed E-state index contributed by atoms with van der Waals surface area (Å²) in [5, 5.41) is 0. The first kappa shape index (κ1) is 11.2. The molecule has 0 spiro atoms. The summed E-state index contributed by atoms with van der Waals surface area (Å²) in [6.45, 7) is 0. The molecule has 1 heterocycles. The molecule has 0 fully saturated rings. The highest BCUT2D eigenvalue weighted by atomic mass is 127. The Morgan fingerprint density at radius 2 is 2.00 bits per heavy atom. The largest absolute Gasteiger partial charge is 1.00 e. The minimum Gasteiger partial charge on any atom is -1.00 e. The van der Waals surface area contributed by atoms with Crippen molar-refractivity contribution in [2.45, 2.75) is 6.42 Å². The zero-order chi connectivity index (χ0) is 9.26. The van der Waals surface area contributed by atoms with Crippen molar-refractivity contribution in [3.05, 3.63) is 41.6 Å². The lowest BCUT2D eigenvalue weighted by atomic mass is 10.1. The molecule has 0 saturated carbocycles. The van der Waals surface area contributed by atoms with E-state index in [1.54, 1.807) is 0 Å². The van der Waals surface area contributed by atoms with Gasteiger partial charge >= 0.3 is 0 Å². The van der Waals surface area contributed by atoms with E-state index < -0.39 is 0 Å². The molecule has 2 rings (SSSR count). The zero-order valence-electron chi connectivity index (χ0n) is 8.07. The lowest BCUT2D eigenvalue weighted by molar-refractivity contribution is -0.422. The maximum absolute atomic E-state index is 5.88. The monoisotopic (exact) mass is 300 g/mol. The molecule has 1 aromatic carbocycles. The summed E-state index contributed by atoms with van der Waals surface area (Å²) in [4.78, 5) is 0. The van der Waals surface area contributed by atoms with E-state index in [0.717, 1.165) is 12.3 Å². The number of nitrogens with zero attached hydrogens (tertiary/aromatic N) is 1. The molecular weight excluding hydrogens is 287 g/mol. The fourth-order valence-corrected chi connectivity index (χ4v) is 1.47. The van der Waals surface area contributed by atoms with E-state index in [2.05, 4.69) is 18.2 Å². The summed E-state index contributed by atoms with van der Waals surface area (Å²) < 4.78 is 1.96. The highest BCUT2D eigenvalue weighted by Crippen LogP contribution is 2.13. The smallest absolute Gasteiger partial charge is 0.251 e. The van der Waals surface area contributed by atoms with Crippen molar-refractivity contribution in [2.24, 2.45) is 5.73 Å². The first-order chi connectivity index (χ1) is 6.27. The molecular formula is C11H13IN2. The molecule has 1 aliphatic rings. The number of rotatable bonds is 0. The third-order valence-electron chi connectivity index (χ3n) is 2.36. The van der Waals surface area contributed by atoms with E-state index in [-0.39, 0.29) is 24.0 Å². The van der Waals surface area contributed by atoms with Crippen molar-refractivity contribution in [2.75, 3.05) is 7.05 Å². The van der Waals surface area contributed by atoms with Gasteiger partial charge in [0.1, 0.15) is 0 Å². The maximum atomic E-state index is 5.88. The molecule has 0 amide bonds. The summed E-state index contributed by atoms with van der Waals surface area (Å²) >= 11 is 0. The van der Waals surface area contributed by atoms with Crippen LogP contribution >= 0.6 is 0 Å². The Labute approximate surface area is 101 Å². The van der Waals surface area contributed by atoms with Crippen LogP contribution in [0.1, 0.15) is 11.1 Å². The number of amidine groups is 1. The topological polar surface area (TPSA) is 29.0 Å². The second kappa shape index (κ2) is 4.59. The van der Waals surface area contributed by atoms with Crippen molar-refractivity contribution in [1.82, 2.24) is 0 Å². The third kappa shape index (κ3) is 2.15. The van der Waals surface area contributed by atoms with E-state index >= 15 is 0 Å². The van der Waals surface area contributed by atoms with Crippen molar-refractivity contribution in [3.8, 4) is 0 Å². The summed E-state index contributed by atoms with van der Waals surface area (Å²) in [6.07, 6.45) is 4.93. The van der Waals surface area contributed by atoms with Gasteiger partial charge in [-0.1, -0.05) is 24.3 Å². The van der Waals surface area contributed by atoms with Crippen LogP contribution in [0.2, 0.25) is 0 Å². The van der Waals surface area contributed by atoms with Crippen LogP contribution in [0.4, 0.5) is 0 Å². The Morgan fingerprint density at radius 3 is 2.79 bits per heavy atom. The number of benzene rings is 1. The second-order valence-electron chi connectivity index (χ2n) is 3.29. The highest BCUT2D eigenvalue weighted by Gasteiger charge is 2.10. The number of halogens is 1. The van der Waals surface area contributed by atoms with Crippen LogP contribution in [0.5, 0.6) is 0 Å². The molecule has 1 aliphatic heterocycles. The van der Waals surface area contributed by atoms with Crippen molar-refractivity contribution < 1.29 is 28.6 Å². The van der Waals surface area contributed by atoms with Gasteiger partial charge < -0.3 is 24.0 Å². The van der Waals surface area contributed by atoms with E-state index in [1.165, 1.54) is 11.1 Å². The Balaban J connectivity index is 0.000000980. The van der Waals surface area contributed by atoms with Gasteiger partial charge in [-0.25, -0.2) is 4.58 Å². The van der Waals surface area contributed by atoms with Crippen molar-refractivity contribution in [1.29, 1.82) is 0 Å². The van der Waals surface area contributed by atoms with Gasteiger partial charge in [0.25, 0.3) is 5.84 Å². The summed E-state index contributed by atoms with van der Waals surface area (Å²) in [5.74, 6) is 0.890. The van der Waals surface area contributed by atoms with Crippen LogP contribution in [-0.2, 0) is 6.42 Å². The molecule has 14 heavy (non-hydrogen) atoms. The first-order valence-electron chi connectivity index (χ1n) is 4.37. The lowest BCUT2D eigenvalue weighted by Crippen LogP contribution is -3.00. The average Bonchev–Trinajstić information content (AvgIpc) is 2.28. The predicted octanol–water partition coefficient (Wildman–Crippen LogP) is -1.78. The molecule has 0 atom stereocenters. The Kier molecular flexibility index (Phi) is 3.69. The predicted molar refractivity (Wildman–Crippen MR) is 54.6 cm³/mol. The molecule has 1 aromatic rings. The second-order valence-corrected chi connectivity index (χ2v) is 3.29. The molecule has 74 valence electrons. The van der Waals surface area contributed by atoms with Crippen molar-refractivity contribution >= 4 is 11.9 Å². The minimum atomic E-state index is 0. The molecule has 2 nitrogen and oxygen atoms in total. The van der Waals surface area contributed by atoms with E-state index in [9.17, 15) is 0 Å². The standard InChI is InChI=1S/C11H12N2.HI/c1-13-7-6-9-4-2-3-5-10(9)8-11(13)12;/h2-7,12H,8H2,1H3;1H. The van der Waals surface area contributed by atoms with Gasteiger partial charge in [0.2, 0.25) is 0 Å². The molecule has 0 unspecified atom stereocenters. The first-order valence-corrected chi connectivity index (χ1v) is 4.37. The minimum absolute atomic E-state index is 0. The Hall–Kier alpha value is -0.840. The number of hydrogen-bond acceptors (Lipinski definition) is 1. The molecule has 0 aliphatic carbocycles. The molecule has 0 saturated heterocycles. The van der Waals surface area contributed by atoms with Crippen molar-refractivity contribution in [3.63, 3.8) is 0 Å². The fraction of sp³-hybridized carbons (Fsp3) is 0.182. The van der Waals surface area contributed by atoms with Gasteiger partial charge in [0.15, 0.2) is 0 Å². The molecule has 0 aromatic heterocycles. The summed E-state index contributed by atoms with van der Waals surface area (Å²) in [5.41, 5.74) is 8.44. The van der Waals surface area contributed by atoms with Crippen LogP contribution in [0.15, 0.2) is 30.5 Å². The van der Waals surface area contributed by atoms with Gasteiger partial charge in [0, 0.05) is 0 Å². The molecule has 0 bridgehead atoms. The zero-order valence-corrected chi connectivity index (χ0v) is 10.2. The van der Waals surface area contributed by atoms with Crippen LogP contribution in [0.25, 0.3) is 6.08 Å². The van der Waals surface area contributed by atoms with E-state index in [1.807, 2.05) is 30.0 Å². The van der Waals surface area contributed by atoms with Crippen LogP contribution in [0, 0.1) is 0 Å². The maximum Gasteiger partial charge on any atom is 0.251 e. The molecule has 0 radical (unpaired) electrons. The lowest BCUT2D eigenvalue weighted by Gasteiger charge is -1.99.